The Labute approximate surface area is 225 Å². The van der Waals surface area contributed by atoms with Gasteiger partial charge >= 0.3 is 6.09 Å². The Morgan fingerprint density at radius 2 is 1.59 bits per heavy atom. The number of hydrogen-bond acceptors (Lipinski definition) is 4. The number of carbonyl (C=O) groups is 3. The first-order chi connectivity index (χ1) is 17.3. The molecule has 2 unspecified atom stereocenters. The van der Waals surface area contributed by atoms with Gasteiger partial charge in [0.05, 0.1) is 0 Å². The first-order valence-electron chi connectivity index (χ1n) is 14.0. The fourth-order valence-electron chi connectivity index (χ4n) is 4.29. The number of carbonyl (C=O) groups excluding carboxylic acids is 3. The fraction of sp³-hybridized carbons (Fsp3) is 0.700. The van der Waals surface area contributed by atoms with E-state index >= 15 is 0 Å². The van der Waals surface area contributed by atoms with E-state index in [-0.39, 0.29) is 17.7 Å². The number of ether oxygens (including phenoxy) is 1. The lowest BCUT2D eigenvalue weighted by atomic mass is 9.94. The van der Waals surface area contributed by atoms with Crippen LogP contribution in [0.5, 0.6) is 0 Å². The number of hydrogen-bond donors (Lipinski definition) is 2. The van der Waals surface area contributed by atoms with Crippen LogP contribution in [-0.4, -0.2) is 47.5 Å². The zero-order valence-electron chi connectivity index (χ0n) is 24.7. The molecule has 0 saturated heterocycles. The predicted octanol–water partition coefficient (Wildman–Crippen LogP) is 6.22. The fourth-order valence-corrected chi connectivity index (χ4v) is 4.29. The highest BCUT2D eigenvalue weighted by Gasteiger charge is 2.37. The minimum absolute atomic E-state index is 0.187. The molecule has 210 valence electrons. The van der Waals surface area contributed by atoms with Crippen LogP contribution in [0.4, 0.5) is 4.79 Å². The smallest absolute Gasteiger partial charge is 0.408 e. The van der Waals surface area contributed by atoms with E-state index in [0.29, 0.717) is 13.1 Å². The van der Waals surface area contributed by atoms with Gasteiger partial charge in [-0.2, -0.15) is 0 Å². The Balaban J connectivity index is 3.46. The molecule has 0 heterocycles. The maximum Gasteiger partial charge on any atom is 0.408 e. The van der Waals surface area contributed by atoms with Crippen molar-refractivity contribution >= 4 is 17.9 Å². The normalized spacial score (nSPS) is 13.1. The average Bonchev–Trinajstić information content (AvgIpc) is 2.79. The molecule has 0 fully saturated rings. The van der Waals surface area contributed by atoms with E-state index in [1.165, 1.54) is 0 Å². The third-order valence-electron chi connectivity index (χ3n) is 6.25. The molecule has 0 aliphatic carbocycles. The SMILES string of the molecule is CCCCCNC(=O)C(c1ccc(C)cc1C)N(CCCCC)C(=O)C(NC(=O)OC(C)(C)C)C(C)C. The van der Waals surface area contributed by atoms with Crippen LogP contribution in [-0.2, 0) is 14.3 Å². The van der Waals surface area contributed by atoms with Crippen LogP contribution in [0.3, 0.4) is 0 Å². The highest BCUT2D eigenvalue weighted by Crippen LogP contribution is 2.28. The molecule has 7 nitrogen and oxygen atoms in total. The molecule has 0 bridgehead atoms. The quantitative estimate of drug-likeness (QED) is 0.287. The van der Waals surface area contributed by atoms with E-state index in [9.17, 15) is 14.4 Å². The number of nitrogens with zero attached hydrogens (tertiary/aromatic N) is 1. The predicted molar refractivity (Wildman–Crippen MR) is 150 cm³/mol. The number of amides is 3. The molecule has 0 aliphatic heterocycles. The summed E-state index contributed by atoms with van der Waals surface area (Å²) in [5.74, 6) is -0.653. The summed E-state index contributed by atoms with van der Waals surface area (Å²) in [7, 11) is 0. The van der Waals surface area contributed by atoms with Gasteiger partial charge in [-0.1, -0.05) is 77.1 Å². The van der Waals surface area contributed by atoms with Crippen LogP contribution < -0.4 is 10.6 Å². The average molecular weight is 518 g/mol. The third-order valence-corrected chi connectivity index (χ3v) is 6.25. The molecule has 2 N–H and O–H groups in total. The topological polar surface area (TPSA) is 87.7 Å². The Kier molecular flexibility index (Phi) is 13.7. The minimum atomic E-state index is -0.822. The Morgan fingerprint density at radius 3 is 2.14 bits per heavy atom. The summed E-state index contributed by atoms with van der Waals surface area (Å²) < 4.78 is 5.45. The second-order valence-electron chi connectivity index (χ2n) is 11.4. The molecule has 0 saturated carbocycles. The lowest BCUT2D eigenvalue weighted by molar-refractivity contribution is -0.143. The lowest BCUT2D eigenvalue weighted by Crippen LogP contribution is -2.55. The van der Waals surface area contributed by atoms with Gasteiger partial charge in [0, 0.05) is 13.1 Å². The first kappa shape index (κ1) is 32.5. The van der Waals surface area contributed by atoms with Gasteiger partial charge in [0.15, 0.2) is 0 Å². The van der Waals surface area contributed by atoms with Gasteiger partial charge < -0.3 is 20.3 Å². The van der Waals surface area contributed by atoms with Crippen molar-refractivity contribution in [2.45, 2.75) is 119 Å². The van der Waals surface area contributed by atoms with Crippen LogP contribution in [0.1, 0.15) is 110 Å². The van der Waals surface area contributed by atoms with Gasteiger partial charge in [-0.25, -0.2) is 4.79 Å². The summed E-state index contributed by atoms with van der Waals surface area (Å²) in [4.78, 5) is 42.2. The second-order valence-corrected chi connectivity index (χ2v) is 11.4. The minimum Gasteiger partial charge on any atom is -0.444 e. The monoisotopic (exact) mass is 517 g/mol. The maximum absolute atomic E-state index is 14.1. The molecular weight excluding hydrogens is 466 g/mol. The molecule has 0 radical (unpaired) electrons. The highest BCUT2D eigenvalue weighted by molar-refractivity contribution is 5.92. The van der Waals surface area contributed by atoms with E-state index < -0.39 is 23.8 Å². The zero-order valence-corrected chi connectivity index (χ0v) is 24.7. The van der Waals surface area contributed by atoms with Crippen molar-refractivity contribution in [1.82, 2.24) is 15.5 Å². The van der Waals surface area contributed by atoms with E-state index in [1.807, 2.05) is 45.9 Å². The summed E-state index contributed by atoms with van der Waals surface area (Å²) in [5.41, 5.74) is 2.18. The van der Waals surface area contributed by atoms with E-state index in [1.54, 1.807) is 25.7 Å². The van der Waals surface area contributed by atoms with Crippen LogP contribution >= 0.6 is 0 Å². The van der Waals surface area contributed by atoms with Gasteiger partial charge in [0.25, 0.3) is 0 Å². The molecule has 3 amide bonds. The molecule has 2 atom stereocenters. The Bertz CT molecular complexity index is 876. The summed E-state index contributed by atoms with van der Waals surface area (Å²) in [6.45, 7) is 18.4. The summed E-state index contributed by atoms with van der Waals surface area (Å²) in [5, 5.41) is 5.87. The molecule has 0 aliphatic rings. The summed E-state index contributed by atoms with van der Waals surface area (Å²) in [6.07, 6.45) is 5.04. The zero-order chi connectivity index (χ0) is 28.2. The van der Waals surface area contributed by atoms with Gasteiger partial charge in [0.1, 0.15) is 17.7 Å². The number of nitrogens with one attached hydrogen (secondary N) is 2. The van der Waals surface area contributed by atoms with Gasteiger partial charge in [-0.15, -0.1) is 0 Å². The summed E-state index contributed by atoms with van der Waals surface area (Å²) >= 11 is 0. The summed E-state index contributed by atoms with van der Waals surface area (Å²) in [6, 6.07) is 4.37. The van der Waals surface area contributed by atoms with Crippen LogP contribution in [0.15, 0.2) is 18.2 Å². The van der Waals surface area contributed by atoms with E-state index in [0.717, 1.165) is 55.2 Å². The molecule has 0 spiro atoms. The van der Waals surface area contributed by atoms with Gasteiger partial charge in [0.2, 0.25) is 11.8 Å². The van der Waals surface area contributed by atoms with Crippen molar-refractivity contribution in [3.8, 4) is 0 Å². The maximum atomic E-state index is 14.1. The molecule has 1 rings (SSSR count). The van der Waals surface area contributed by atoms with Gasteiger partial charge in [-0.3, -0.25) is 9.59 Å². The number of unbranched alkanes of at least 4 members (excludes halogenated alkanes) is 4. The standard InChI is InChI=1S/C30H51N3O4/c1-10-12-14-18-31-27(34)26(24-17-16-22(5)20-23(24)6)33(19-15-13-11-2)28(35)25(21(3)4)32-29(36)37-30(7,8)9/h16-17,20-21,25-26H,10-15,18-19H2,1-9H3,(H,31,34)(H,32,36). The van der Waals surface area contributed by atoms with Crippen molar-refractivity contribution in [3.63, 3.8) is 0 Å². The van der Waals surface area contributed by atoms with Crippen LogP contribution in [0, 0.1) is 19.8 Å². The largest absolute Gasteiger partial charge is 0.444 e. The molecule has 1 aromatic rings. The molecule has 1 aromatic carbocycles. The number of alkyl carbamates (subject to hydrolysis) is 1. The molecule has 37 heavy (non-hydrogen) atoms. The Hall–Kier alpha value is -2.57. The number of rotatable bonds is 14. The van der Waals surface area contributed by atoms with Crippen LogP contribution in [0.25, 0.3) is 0 Å². The van der Waals surface area contributed by atoms with Crippen molar-refractivity contribution in [2.24, 2.45) is 5.92 Å². The van der Waals surface area contributed by atoms with Crippen molar-refractivity contribution in [2.75, 3.05) is 13.1 Å². The van der Waals surface area contributed by atoms with Crippen LogP contribution in [0.2, 0.25) is 0 Å². The van der Waals surface area contributed by atoms with Crippen molar-refractivity contribution < 1.29 is 19.1 Å². The second kappa shape index (κ2) is 15.6. The van der Waals surface area contributed by atoms with E-state index in [4.69, 9.17) is 4.74 Å². The highest BCUT2D eigenvalue weighted by atomic mass is 16.6. The first-order valence-corrected chi connectivity index (χ1v) is 14.0. The van der Waals surface area contributed by atoms with Gasteiger partial charge in [-0.05, 0) is 64.5 Å². The molecular formula is C30H51N3O4. The van der Waals surface area contributed by atoms with Crippen molar-refractivity contribution in [3.05, 3.63) is 34.9 Å². The van der Waals surface area contributed by atoms with E-state index in [2.05, 4.69) is 24.5 Å². The van der Waals surface area contributed by atoms with Crippen molar-refractivity contribution in [1.29, 1.82) is 0 Å². The number of aryl methyl sites for hydroxylation is 2. The lowest BCUT2D eigenvalue weighted by Gasteiger charge is -2.36. The molecule has 0 aromatic heterocycles. The number of benzene rings is 1. The Morgan fingerprint density at radius 1 is 0.973 bits per heavy atom. The molecule has 7 heteroatoms. The third kappa shape index (κ3) is 11.1.